The van der Waals surface area contributed by atoms with Gasteiger partial charge in [0, 0.05) is 21.7 Å². The standard InChI is InChI=1S/C10H8ClFN2S2/c1-5-4-15-10(14-5)16-9-2-6(11)7(12)3-8(9)13/h2-4H,13H2,1H3. The van der Waals surface area contributed by atoms with E-state index in [-0.39, 0.29) is 5.02 Å². The lowest BCUT2D eigenvalue weighted by Crippen LogP contribution is -1.90. The molecule has 0 amide bonds. The Bertz CT molecular complexity index is 528. The number of nitrogens with two attached hydrogens (primary N) is 1. The van der Waals surface area contributed by atoms with Crippen LogP contribution in [0.4, 0.5) is 10.1 Å². The van der Waals surface area contributed by atoms with Crippen LogP contribution in [0.2, 0.25) is 5.02 Å². The Morgan fingerprint density at radius 1 is 1.50 bits per heavy atom. The van der Waals surface area contributed by atoms with Gasteiger partial charge in [-0.2, -0.15) is 0 Å². The van der Waals surface area contributed by atoms with Gasteiger partial charge in [-0.25, -0.2) is 9.37 Å². The third kappa shape index (κ3) is 2.48. The van der Waals surface area contributed by atoms with E-state index in [0.717, 1.165) is 14.9 Å². The summed E-state index contributed by atoms with van der Waals surface area (Å²) in [6.45, 7) is 1.92. The van der Waals surface area contributed by atoms with Crippen molar-refractivity contribution in [1.82, 2.24) is 4.98 Å². The zero-order valence-corrected chi connectivity index (χ0v) is 10.7. The average Bonchev–Trinajstić information content (AvgIpc) is 2.60. The van der Waals surface area contributed by atoms with Gasteiger partial charge in [0.2, 0.25) is 0 Å². The second kappa shape index (κ2) is 4.61. The van der Waals surface area contributed by atoms with E-state index in [4.69, 9.17) is 17.3 Å². The Morgan fingerprint density at radius 3 is 2.88 bits per heavy atom. The molecule has 6 heteroatoms. The molecule has 16 heavy (non-hydrogen) atoms. The zero-order valence-electron chi connectivity index (χ0n) is 8.33. The number of rotatable bonds is 2. The SMILES string of the molecule is Cc1csc(Sc2cc(Cl)c(F)cc2N)n1. The number of aromatic nitrogens is 1. The van der Waals surface area contributed by atoms with Crippen molar-refractivity contribution in [3.8, 4) is 0 Å². The number of nitrogens with zero attached hydrogens (tertiary/aromatic N) is 1. The summed E-state index contributed by atoms with van der Waals surface area (Å²) in [5.74, 6) is -0.501. The monoisotopic (exact) mass is 274 g/mol. The van der Waals surface area contributed by atoms with Crippen LogP contribution < -0.4 is 5.73 Å². The summed E-state index contributed by atoms with van der Waals surface area (Å²) >= 11 is 8.61. The second-order valence-electron chi connectivity index (χ2n) is 3.16. The quantitative estimate of drug-likeness (QED) is 0.842. The number of aryl methyl sites for hydroxylation is 1. The molecule has 1 heterocycles. The Kier molecular flexibility index (Phi) is 3.37. The van der Waals surface area contributed by atoms with Gasteiger partial charge in [-0.15, -0.1) is 11.3 Å². The molecular formula is C10H8ClFN2S2. The number of anilines is 1. The maximum absolute atomic E-state index is 13.1. The summed E-state index contributed by atoms with van der Waals surface area (Å²) in [6.07, 6.45) is 0. The van der Waals surface area contributed by atoms with E-state index in [1.165, 1.54) is 35.2 Å². The molecule has 0 radical (unpaired) electrons. The molecule has 0 saturated carbocycles. The number of halogens is 2. The van der Waals surface area contributed by atoms with E-state index in [1.807, 2.05) is 12.3 Å². The number of nitrogen functional groups attached to an aromatic ring is 1. The lowest BCUT2D eigenvalue weighted by Gasteiger charge is -2.04. The summed E-state index contributed by atoms with van der Waals surface area (Å²) in [6, 6.07) is 2.75. The lowest BCUT2D eigenvalue weighted by molar-refractivity contribution is 0.628. The smallest absolute Gasteiger partial charge is 0.154 e. The molecule has 84 valence electrons. The van der Waals surface area contributed by atoms with Crippen LogP contribution >= 0.6 is 34.7 Å². The topological polar surface area (TPSA) is 38.9 Å². The van der Waals surface area contributed by atoms with Crippen molar-refractivity contribution in [1.29, 1.82) is 0 Å². The van der Waals surface area contributed by atoms with Gasteiger partial charge in [0.15, 0.2) is 4.34 Å². The highest BCUT2D eigenvalue weighted by molar-refractivity contribution is 8.01. The first-order valence-electron chi connectivity index (χ1n) is 4.41. The van der Waals surface area contributed by atoms with Gasteiger partial charge in [-0.3, -0.25) is 0 Å². The number of hydrogen-bond acceptors (Lipinski definition) is 4. The summed E-state index contributed by atoms with van der Waals surface area (Å²) in [4.78, 5) is 5.01. The molecule has 0 spiro atoms. The van der Waals surface area contributed by atoms with Crippen LogP contribution in [-0.4, -0.2) is 4.98 Å². The first-order chi connectivity index (χ1) is 7.56. The number of thiazole rings is 1. The minimum atomic E-state index is -0.501. The number of hydrogen-bond donors (Lipinski definition) is 1. The van der Waals surface area contributed by atoms with Crippen LogP contribution in [0.5, 0.6) is 0 Å². The van der Waals surface area contributed by atoms with Crippen LogP contribution in [0, 0.1) is 12.7 Å². The largest absolute Gasteiger partial charge is 0.398 e. The molecular weight excluding hydrogens is 267 g/mol. The molecule has 0 aliphatic heterocycles. The molecule has 0 fully saturated rings. The Labute approximate surface area is 106 Å². The van der Waals surface area contributed by atoms with Crippen LogP contribution in [-0.2, 0) is 0 Å². The minimum Gasteiger partial charge on any atom is -0.398 e. The van der Waals surface area contributed by atoms with Crippen molar-refractivity contribution in [2.24, 2.45) is 0 Å². The molecule has 0 bridgehead atoms. The Hall–Kier alpha value is -0.780. The lowest BCUT2D eigenvalue weighted by atomic mass is 10.3. The fourth-order valence-electron chi connectivity index (χ4n) is 1.11. The normalized spacial score (nSPS) is 10.7. The maximum atomic E-state index is 13.1. The van der Waals surface area contributed by atoms with Gasteiger partial charge in [0.25, 0.3) is 0 Å². The fourth-order valence-corrected chi connectivity index (χ4v) is 3.19. The molecule has 2 N–H and O–H groups in total. The second-order valence-corrected chi connectivity index (χ2v) is 5.72. The number of benzene rings is 1. The molecule has 0 aliphatic carbocycles. The summed E-state index contributed by atoms with van der Waals surface area (Å²) in [7, 11) is 0. The molecule has 0 saturated heterocycles. The van der Waals surface area contributed by atoms with E-state index in [1.54, 1.807) is 0 Å². The summed E-state index contributed by atoms with van der Waals surface area (Å²) in [5, 5.41) is 2.02. The Morgan fingerprint density at radius 2 is 2.25 bits per heavy atom. The zero-order chi connectivity index (χ0) is 11.7. The molecule has 2 nitrogen and oxygen atoms in total. The van der Waals surface area contributed by atoms with Gasteiger partial charge in [-0.1, -0.05) is 23.4 Å². The first-order valence-corrected chi connectivity index (χ1v) is 6.48. The van der Waals surface area contributed by atoms with Gasteiger partial charge >= 0.3 is 0 Å². The van der Waals surface area contributed by atoms with Crippen LogP contribution in [0.25, 0.3) is 0 Å². The molecule has 0 atom stereocenters. The maximum Gasteiger partial charge on any atom is 0.154 e. The third-order valence-electron chi connectivity index (χ3n) is 1.85. The van der Waals surface area contributed by atoms with E-state index in [9.17, 15) is 4.39 Å². The van der Waals surface area contributed by atoms with Crippen molar-refractivity contribution in [2.75, 3.05) is 5.73 Å². The molecule has 1 aromatic heterocycles. The van der Waals surface area contributed by atoms with Crippen molar-refractivity contribution in [2.45, 2.75) is 16.2 Å². The molecule has 0 unspecified atom stereocenters. The first kappa shape index (κ1) is 11.7. The highest BCUT2D eigenvalue weighted by atomic mass is 35.5. The summed E-state index contributed by atoms with van der Waals surface area (Å²) in [5.41, 5.74) is 7.03. The Balaban J connectivity index is 2.31. The average molecular weight is 275 g/mol. The molecule has 0 aliphatic rings. The molecule has 1 aromatic carbocycles. The van der Waals surface area contributed by atoms with E-state index < -0.39 is 5.82 Å². The minimum absolute atomic E-state index is 0.0741. The van der Waals surface area contributed by atoms with E-state index in [0.29, 0.717) is 5.69 Å². The van der Waals surface area contributed by atoms with Gasteiger partial charge in [0.05, 0.1) is 5.02 Å². The van der Waals surface area contributed by atoms with Gasteiger partial charge in [-0.05, 0) is 19.1 Å². The van der Waals surface area contributed by atoms with E-state index >= 15 is 0 Å². The van der Waals surface area contributed by atoms with Crippen molar-refractivity contribution < 1.29 is 4.39 Å². The molecule has 2 aromatic rings. The van der Waals surface area contributed by atoms with Crippen molar-refractivity contribution in [3.05, 3.63) is 34.0 Å². The van der Waals surface area contributed by atoms with Gasteiger partial charge < -0.3 is 5.73 Å². The summed E-state index contributed by atoms with van der Waals surface area (Å²) < 4.78 is 13.9. The predicted octanol–water partition coefficient (Wildman–Crippen LogP) is 3.98. The fraction of sp³-hybridized carbons (Fsp3) is 0.100. The van der Waals surface area contributed by atoms with Crippen LogP contribution in [0.3, 0.4) is 0 Å². The van der Waals surface area contributed by atoms with Crippen molar-refractivity contribution in [3.63, 3.8) is 0 Å². The third-order valence-corrected chi connectivity index (χ3v) is 4.27. The highest BCUT2D eigenvalue weighted by Gasteiger charge is 2.09. The highest BCUT2D eigenvalue weighted by Crippen LogP contribution is 2.36. The molecule has 2 rings (SSSR count). The van der Waals surface area contributed by atoms with Gasteiger partial charge in [0.1, 0.15) is 5.82 Å². The van der Waals surface area contributed by atoms with Crippen LogP contribution in [0.15, 0.2) is 26.7 Å². The van der Waals surface area contributed by atoms with Crippen molar-refractivity contribution >= 4 is 40.4 Å². The predicted molar refractivity (Wildman–Crippen MR) is 66.8 cm³/mol. The van der Waals surface area contributed by atoms with E-state index in [2.05, 4.69) is 4.98 Å². The van der Waals surface area contributed by atoms with Crippen LogP contribution in [0.1, 0.15) is 5.69 Å².